The molecule has 0 amide bonds. The molecule has 3 aliphatic carbocycles. The van der Waals surface area contributed by atoms with E-state index >= 15 is 0 Å². The van der Waals surface area contributed by atoms with E-state index in [9.17, 15) is 0 Å². The molecule has 2 unspecified atom stereocenters. The van der Waals surface area contributed by atoms with Gasteiger partial charge < -0.3 is 5.32 Å². The molecule has 1 nitrogen and oxygen atoms in total. The van der Waals surface area contributed by atoms with Crippen LogP contribution in [-0.4, -0.2) is 0 Å². The monoisotopic (exact) mass is 469 g/mol. The van der Waals surface area contributed by atoms with E-state index in [0.29, 0.717) is 5.92 Å². The van der Waals surface area contributed by atoms with Gasteiger partial charge in [0.05, 0.1) is 0 Å². The highest BCUT2D eigenvalue weighted by Crippen LogP contribution is 2.64. The Morgan fingerprint density at radius 2 is 1.44 bits per heavy atom. The molecule has 180 valence electrons. The summed E-state index contributed by atoms with van der Waals surface area (Å²) in [4.78, 5) is 0. The molecule has 3 aliphatic rings. The third-order valence-electron chi connectivity index (χ3n) is 7.37. The van der Waals surface area contributed by atoms with E-state index in [1.807, 2.05) is 13.8 Å². The van der Waals surface area contributed by atoms with E-state index in [4.69, 9.17) is 0 Å². The number of anilines is 1. The highest BCUT2D eigenvalue weighted by Gasteiger charge is 2.60. The fourth-order valence-electron chi connectivity index (χ4n) is 5.52. The van der Waals surface area contributed by atoms with Gasteiger partial charge in [0.25, 0.3) is 0 Å². The predicted octanol–water partition coefficient (Wildman–Crippen LogP) is 9.41. The third-order valence-corrected chi connectivity index (χ3v) is 7.37. The Balaban J connectivity index is 0.00000130. The normalized spacial score (nSPS) is 21.6. The van der Waals surface area contributed by atoms with E-state index < -0.39 is 0 Å². The van der Waals surface area contributed by atoms with Gasteiger partial charge in [-0.25, -0.2) is 0 Å². The lowest BCUT2D eigenvalue weighted by molar-refractivity contribution is 0.726. The zero-order valence-electron chi connectivity index (χ0n) is 21.3. The molecule has 0 heterocycles. The van der Waals surface area contributed by atoms with Crippen LogP contribution < -0.4 is 5.32 Å². The van der Waals surface area contributed by atoms with Crippen molar-refractivity contribution in [3.8, 4) is 11.1 Å². The Hall–Kier alpha value is -3.84. The topological polar surface area (TPSA) is 12.0 Å². The summed E-state index contributed by atoms with van der Waals surface area (Å²) >= 11 is 0. The number of hydrogen-bond acceptors (Lipinski definition) is 1. The van der Waals surface area contributed by atoms with Crippen LogP contribution in [0.15, 0.2) is 144 Å². The summed E-state index contributed by atoms with van der Waals surface area (Å²) in [6, 6.07) is 30.4. The van der Waals surface area contributed by atoms with Gasteiger partial charge >= 0.3 is 0 Å². The minimum absolute atomic E-state index is 0.0499. The number of fused-ring (bicyclic) bond motifs is 1. The first-order valence-corrected chi connectivity index (χ1v) is 13.2. The zero-order valence-corrected chi connectivity index (χ0v) is 21.3. The lowest BCUT2D eigenvalue weighted by Crippen LogP contribution is -2.22. The quantitative estimate of drug-likeness (QED) is 0.379. The van der Waals surface area contributed by atoms with Crippen LogP contribution in [0.1, 0.15) is 38.7 Å². The van der Waals surface area contributed by atoms with Crippen LogP contribution in [0, 0.1) is 5.92 Å². The largest absolute Gasteiger partial charge is 0.358 e. The fraction of sp³-hybridized carbons (Fsp3) is 0.200. The molecule has 0 aliphatic heterocycles. The van der Waals surface area contributed by atoms with Crippen molar-refractivity contribution in [3.63, 3.8) is 0 Å². The first-order valence-electron chi connectivity index (χ1n) is 13.2. The minimum Gasteiger partial charge on any atom is -0.358 e. The third kappa shape index (κ3) is 4.79. The van der Waals surface area contributed by atoms with Crippen molar-refractivity contribution in [2.45, 2.75) is 38.5 Å². The van der Waals surface area contributed by atoms with E-state index in [-0.39, 0.29) is 5.41 Å². The Bertz CT molecular complexity index is 1320. The number of rotatable bonds is 6. The smallest absolute Gasteiger partial charge is 0.0425 e. The van der Waals surface area contributed by atoms with Crippen LogP contribution in [0.5, 0.6) is 0 Å². The van der Waals surface area contributed by atoms with Crippen LogP contribution in [0.2, 0.25) is 0 Å². The lowest BCUT2D eigenvalue weighted by Gasteiger charge is -2.27. The van der Waals surface area contributed by atoms with Gasteiger partial charge in [0.15, 0.2) is 0 Å². The molecule has 0 aromatic heterocycles. The van der Waals surface area contributed by atoms with Crippen LogP contribution in [0.4, 0.5) is 5.69 Å². The van der Waals surface area contributed by atoms with Gasteiger partial charge in [0, 0.05) is 16.8 Å². The van der Waals surface area contributed by atoms with Crippen molar-refractivity contribution < 1.29 is 0 Å². The summed E-state index contributed by atoms with van der Waals surface area (Å²) in [6.07, 6.45) is 19.1. The van der Waals surface area contributed by atoms with Crippen molar-refractivity contribution in [3.05, 3.63) is 150 Å². The number of hydrogen-bond donors (Lipinski definition) is 1. The highest BCUT2D eigenvalue weighted by molar-refractivity contribution is 5.68. The second kappa shape index (κ2) is 10.8. The van der Waals surface area contributed by atoms with Crippen molar-refractivity contribution in [2.75, 3.05) is 5.32 Å². The molecule has 0 radical (unpaired) electrons. The SMILES string of the molecule is C1=CCC=CC(CC2=CC=C(Nc3ccc(-c4ccccc4)cc3)C3(c4ccccc4)CC23)=C1.CC. The molecule has 0 saturated heterocycles. The van der Waals surface area contributed by atoms with E-state index in [2.05, 4.69) is 133 Å². The van der Waals surface area contributed by atoms with Crippen molar-refractivity contribution >= 4 is 5.69 Å². The second-order valence-electron chi connectivity index (χ2n) is 9.47. The Labute approximate surface area is 216 Å². The van der Waals surface area contributed by atoms with Crippen molar-refractivity contribution in [1.29, 1.82) is 0 Å². The summed E-state index contributed by atoms with van der Waals surface area (Å²) in [5.41, 5.74) is 9.35. The molecular formula is C35H35N. The van der Waals surface area contributed by atoms with Gasteiger partial charge in [-0.05, 0) is 65.7 Å². The highest BCUT2D eigenvalue weighted by atomic mass is 14.9. The van der Waals surface area contributed by atoms with Gasteiger partial charge in [0.2, 0.25) is 0 Å². The van der Waals surface area contributed by atoms with E-state index in [1.54, 1.807) is 5.57 Å². The minimum atomic E-state index is 0.0499. The van der Waals surface area contributed by atoms with Crippen molar-refractivity contribution in [2.24, 2.45) is 5.92 Å². The summed E-state index contributed by atoms with van der Waals surface area (Å²) < 4.78 is 0. The summed E-state index contributed by atoms with van der Waals surface area (Å²) in [7, 11) is 0. The standard InChI is InChI=1S/C33H29N.C2H6/c1-2-6-12-25(11-5-1)23-28-19-22-32(33(24-31(28)33)29-15-9-4-10-16-29)34-30-20-17-27(18-21-30)26-13-7-3-8-14-26;1-2/h1,3-22,31,34H,2,23-24H2;1-2H3. The average molecular weight is 470 g/mol. The molecule has 1 N–H and O–H groups in total. The van der Waals surface area contributed by atoms with Gasteiger partial charge in [-0.3, -0.25) is 0 Å². The van der Waals surface area contributed by atoms with Gasteiger partial charge in [-0.1, -0.05) is 129 Å². The summed E-state index contributed by atoms with van der Waals surface area (Å²) in [5.74, 6) is 0.549. The number of allylic oxidation sites excluding steroid dienone is 10. The van der Waals surface area contributed by atoms with Crippen LogP contribution in [0.3, 0.4) is 0 Å². The first-order chi connectivity index (χ1) is 17.8. The zero-order chi connectivity index (χ0) is 24.8. The molecule has 36 heavy (non-hydrogen) atoms. The molecule has 3 aromatic carbocycles. The molecule has 1 fully saturated rings. The first kappa shape index (κ1) is 23.9. The maximum absolute atomic E-state index is 3.80. The molecule has 2 atom stereocenters. The van der Waals surface area contributed by atoms with E-state index in [0.717, 1.165) is 24.9 Å². The molecule has 3 aromatic rings. The fourth-order valence-corrected chi connectivity index (χ4v) is 5.52. The van der Waals surface area contributed by atoms with Crippen molar-refractivity contribution in [1.82, 2.24) is 0 Å². The molecule has 1 heteroatoms. The maximum Gasteiger partial charge on any atom is 0.0425 e. The Kier molecular flexibility index (Phi) is 7.18. The second-order valence-corrected chi connectivity index (χ2v) is 9.47. The van der Waals surface area contributed by atoms with Crippen LogP contribution in [-0.2, 0) is 5.41 Å². The molecule has 0 spiro atoms. The molecule has 1 saturated carbocycles. The number of benzene rings is 3. The molecular weight excluding hydrogens is 434 g/mol. The Morgan fingerprint density at radius 3 is 2.19 bits per heavy atom. The maximum atomic E-state index is 3.80. The van der Waals surface area contributed by atoms with E-state index in [1.165, 1.54) is 28.0 Å². The van der Waals surface area contributed by atoms with Gasteiger partial charge in [0.1, 0.15) is 0 Å². The predicted molar refractivity (Wildman–Crippen MR) is 155 cm³/mol. The number of nitrogens with one attached hydrogen (secondary N) is 1. The van der Waals surface area contributed by atoms with Gasteiger partial charge in [-0.15, -0.1) is 0 Å². The Morgan fingerprint density at radius 1 is 0.750 bits per heavy atom. The molecule has 6 rings (SSSR count). The summed E-state index contributed by atoms with van der Waals surface area (Å²) in [6.45, 7) is 4.00. The van der Waals surface area contributed by atoms with Crippen LogP contribution in [0.25, 0.3) is 11.1 Å². The lowest BCUT2D eigenvalue weighted by atomic mass is 9.82. The summed E-state index contributed by atoms with van der Waals surface area (Å²) in [5, 5.41) is 3.80. The van der Waals surface area contributed by atoms with Gasteiger partial charge in [-0.2, -0.15) is 0 Å². The van der Waals surface area contributed by atoms with Crippen LogP contribution >= 0.6 is 0 Å². The molecule has 0 bridgehead atoms. The average Bonchev–Trinajstić information content (AvgIpc) is 3.76.